The molecular weight excluding hydrogens is 214 g/mol. The summed E-state index contributed by atoms with van der Waals surface area (Å²) in [7, 11) is 0. The van der Waals surface area contributed by atoms with Crippen molar-refractivity contribution in [2.24, 2.45) is 4.99 Å². The molecule has 0 spiro atoms. The highest BCUT2D eigenvalue weighted by atomic mass is 16.1. The number of rotatable bonds is 2. The predicted molar refractivity (Wildman–Crippen MR) is 68.5 cm³/mol. The van der Waals surface area contributed by atoms with E-state index in [9.17, 15) is 4.79 Å². The molecule has 4 N–H and O–H groups in total. The number of aliphatic imine (C=N–C) groups is 1. The minimum Gasteiger partial charge on any atom is -0.399 e. The van der Waals surface area contributed by atoms with Gasteiger partial charge in [-0.2, -0.15) is 4.99 Å². The number of carbonyl (C=O) groups excluding carboxylic acids is 1. The van der Waals surface area contributed by atoms with Crippen LogP contribution >= 0.6 is 0 Å². The van der Waals surface area contributed by atoms with E-state index in [1.54, 1.807) is 24.3 Å². The van der Waals surface area contributed by atoms with E-state index in [4.69, 9.17) is 11.5 Å². The first-order valence-electron chi connectivity index (χ1n) is 5.04. The van der Waals surface area contributed by atoms with Gasteiger partial charge in [-0.15, -0.1) is 0 Å². The van der Waals surface area contributed by atoms with Gasteiger partial charge in [0.25, 0.3) is 0 Å². The van der Waals surface area contributed by atoms with Crippen molar-refractivity contribution in [2.45, 2.75) is 0 Å². The van der Waals surface area contributed by atoms with E-state index in [1.807, 2.05) is 18.2 Å². The summed E-state index contributed by atoms with van der Waals surface area (Å²) in [5, 5.41) is 0. The van der Waals surface area contributed by atoms with Crippen molar-refractivity contribution in [2.75, 3.05) is 11.5 Å². The minimum absolute atomic E-state index is 0.504. The van der Waals surface area contributed by atoms with E-state index >= 15 is 0 Å². The summed E-state index contributed by atoms with van der Waals surface area (Å²) >= 11 is 0. The molecule has 0 bridgehead atoms. The Bertz CT molecular complexity index is 584. The molecule has 0 radical (unpaired) electrons. The zero-order valence-electron chi connectivity index (χ0n) is 9.05. The van der Waals surface area contributed by atoms with Crippen molar-refractivity contribution in [3.05, 3.63) is 42.5 Å². The molecule has 0 saturated carbocycles. The highest BCUT2D eigenvalue weighted by Crippen LogP contribution is 2.32. The molecule has 0 fully saturated rings. The Labute approximate surface area is 98.6 Å². The predicted octanol–water partition coefficient (Wildman–Crippen LogP) is 2.49. The van der Waals surface area contributed by atoms with E-state index in [0.29, 0.717) is 17.1 Å². The fraction of sp³-hybridized carbons (Fsp3) is 0. The molecule has 0 amide bonds. The SMILES string of the molecule is Nc1ccc(-c2ccc(N)cc2N=C=O)cc1. The van der Waals surface area contributed by atoms with E-state index in [1.165, 1.54) is 6.08 Å². The van der Waals surface area contributed by atoms with Gasteiger partial charge in [-0.1, -0.05) is 18.2 Å². The molecule has 0 atom stereocenters. The average Bonchev–Trinajstić information content (AvgIpc) is 2.31. The number of isocyanates is 1. The fourth-order valence-electron chi connectivity index (χ4n) is 1.60. The third-order valence-corrected chi connectivity index (χ3v) is 2.41. The average molecular weight is 225 g/mol. The van der Waals surface area contributed by atoms with Crippen LogP contribution in [0, 0.1) is 0 Å². The van der Waals surface area contributed by atoms with Crippen LogP contribution in [0.2, 0.25) is 0 Å². The first-order chi connectivity index (χ1) is 8.20. The molecule has 0 aliphatic rings. The summed E-state index contributed by atoms with van der Waals surface area (Å²) in [6.07, 6.45) is 1.53. The molecule has 2 aromatic rings. The largest absolute Gasteiger partial charge is 0.399 e. The Morgan fingerprint density at radius 1 is 0.941 bits per heavy atom. The number of anilines is 2. The molecule has 0 aliphatic carbocycles. The van der Waals surface area contributed by atoms with Gasteiger partial charge in [0.05, 0.1) is 5.69 Å². The molecule has 0 aromatic heterocycles. The Balaban J connectivity index is 2.58. The van der Waals surface area contributed by atoms with Crippen molar-refractivity contribution in [1.82, 2.24) is 0 Å². The highest BCUT2D eigenvalue weighted by molar-refractivity contribution is 5.80. The molecule has 2 aromatic carbocycles. The molecule has 84 valence electrons. The first-order valence-corrected chi connectivity index (χ1v) is 5.04. The Hall–Kier alpha value is -2.58. The quantitative estimate of drug-likeness (QED) is 0.468. The molecule has 4 nitrogen and oxygen atoms in total. The van der Waals surface area contributed by atoms with Crippen LogP contribution in [0.1, 0.15) is 0 Å². The summed E-state index contributed by atoms with van der Waals surface area (Å²) in [4.78, 5) is 14.0. The van der Waals surface area contributed by atoms with E-state index in [2.05, 4.69) is 4.99 Å². The summed E-state index contributed by atoms with van der Waals surface area (Å²) in [6.45, 7) is 0. The third-order valence-electron chi connectivity index (χ3n) is 2.41. The maximum Gasteiger partial charge on any atom is 0.240 e. The molecule has 17 heavy (non-hydrogen) atoms. The minimum atomic E-state index is 0.504. The summed E-state index contributed by atoms with van der Waals surface area (Å²) < 4.78 is 0. The lowest BCUT2D eigenvalue weighted by Crippen LogP contribution is -1.87. The third kappa shape index (κ3) is 2.33. The summed E-state index contributed by atoms with van der Waals surface area (Å²) in [5.41, 5.74) is 14.8. The second kappa shape index (κ2) is 4.51. The van der Waals surface area contributed by atoms with Crippen LogP contribution in [0.3, 0.4) is 0 Å². The molecule has 0 aliphatic heterocycles. The van der Waals surface area contributed by atoms with Gasteiger partial charge in [0.2, 0.25) is 6.08 Å². The van der Waals surface area contributed by atoms with E-state index in [-0.39, 0.29) is 0 Å². The Morgan fingerprint density at radius 3 is 2.24 bits per heavy atom. The van der Waals surface area contributed by atoms with Crippen LogP contribution < -0.4 is 11.5 Å². The monoisotopic (exact) mass is 225 g/mol. The van der Waals surface area contributed by atoms with Gasteiger partial charge in [0, 0.05) is 16.9 Å². The number of nitrogens with two attached hydrogens (primary N) is 2. The molecule has 2 rings (SSSR count). The Morgan fingerprint density at radius 2 is 1.59 bits per heavy atom. The zero-order valence-corrected chi connectivity index (χ0v) is 9.05. The summed E-state index contributed by atoms with van der Waals surface area (Å²) in [6, 6.07) is 12.5. The van der Waals surface area contributed by atoms with Crippen LogP contribution in [0.5, 0.6) is 0 Å². The lowest BCUT2D eigenvalue weighted by atomic mass is 10.0. The second-order valence-electron chi connectivity index (χ2n) is 3.60. The van der Waals surface area contributed by atoms with Gasteiger partial charge in [0.15, 0.2) is 0 Å². The second-order valence-corrected chi connectivity index (χ2v) is 3.60. The van der Waals surface area contributed by atoms with Crippen LogP contribution in [0.25, 0.3) is 11.1 Å². The molecular formula is C13H11N3O. The van der Waals surface area contributed by atoms with Crippen LogP contribution in [0.15, 0.2) is 47.5 Å². The zero-order chi connectivity index (χ0) is 12.3. The Kier molecular flexibility index (Phi) is 2.90. The topological polar surface area (TPSA) is 81.5 Å². The maximum absolute atomic E-state index is 10.4. The normalized spacial score (nSPS) is 9.65. The van der Waals surface area contributed by atoms with Gasteiger partial charge in [-0.05, 0) is 29.8 Å². The first kappa shape index (κ1) is 10.9. The smallest absolute Gasteiger partial charge is 0.240 e. The van der Waals surface area contributed by atoms with Crippen LogP contribution in [0.4, 0.5) is 17.1 Å². The number of hydrogen-bond acceptors (Lipinski definition) is 4. The molecule has 0 heterocycles. The molecule has 4 heteroatoms. The number of hydrogen-bond donors (Lipinski definition) is 2. The van der Waals surface area contributed by atoms with Crippen LogP contribution in [-0.4, -0.2) is 6.08 Å². The fourth-order valence-corrected chi connectivity index (χ4v) is 1.60. The lowest BCUT2D eigenvalue weighted by molar-refractivity contribution is 0.565. The van der Waals surface area contributed by atoms with Crippen molar-refractivity contribution in [3.8, 4) is 11.1 Å². The van der Waals surface area contributed by atoms with Crippen molar-refractivity contribution in [3.63, 3.8) is 0 Å². The summed E-state index contributed by atoms with van der Waals surface area (Å²) in [5.74, 6) is 0. The number of nitrogen functional groups attached to an aromatic ring is 2. The highest BCUT2D eigenvalue weighted by Gasteiger charge is 2.04. The maximum atomic E-state index is 10.4. The van der Waals surface area contributed by atoms with E-state index < -0.39 is 0 Å². The van der Waals surface area contributed by atoms with Crippen molar-refractivity contribution in [1.29, 1.82) is 0 Å². The number of benzene rings is 2. The van der Waals surface area contributed by atoms with Crippen molar-refractivity contribution < 1.29 is 4.79 Å². The van der Waals surface area contributed by atoms with E-state index in [0.717, 1.165) is 11.1 Å². The lowest BCUT2D eigenvalue weighted by Gasteiger charge is -2.06. The van der Waals surface area contributed by atoms with Crippen LogP contribution in [-0.2, 0) is 4.79 Å². The molecule has 0 saturated heterocycles. The van der Waals surface area contributed by atoms with Crippen molar-refractivity contribution >= 4 is 23.1 Å². The standard InChI is InChI=1S/C13H11N3O/c14-10-3-1-9(2-4-10)12-6-5-11(15)7-13(12)16-8-17/h1-7H,14-15H2. The van der Waals surface area contributed by atoms with Gasteiger partial charge in [0.1, 0.15) is 0 Å². The van der Waals surface area contributed by atoms with Gasteiger partial charge in [-0.25, -0.2) is 4.79 Å². The van der Waals surface area contributed by atoms with Gasteiger partial charge >= 0.3 is 0 Å². The molecule has 0 unspecified atom stereocenters. The van der Waals surface area contributed by atoms with Gasteiger partial charge < -0.3 is 11.5 Å². The van der Waals surface area contributed by atoms with Gasteiger partial charge in [-0.3, -0.25) is 0 Å². The number of nitrogens with zero attached hydrogens (tertiary/aromatic N) is 1.